The lowest BCUT2D eigenvalue weighted by Crippen LogP contribution is -2.26. The van der Waals surface area contributed by atoms with E-state index in [1.807, 2.05) is 16.8 Å². The molecule has 1 fully saturated rings. The van der Waals surface area contributed by atoms with Gasteiger partial charge in [-0.1, -0.05) is 6.92 Å². The first-order valence-electron chi connectivity index (χ1n) is 6.08. The van der Waals surface area contributed by atoms with Gasteiger partial charge in [0.05, 0.1) is 6.04 Å². The van der Waals surface area contributed by atoms with Crippen molar-refractivity contribution in [3.05, 3.63) is 18.2 Å². The monoisotopic (exact) mass is 244 g/mol. The molecule has 1 aliphatic carbocycles. The van der Waals surface area contributed by atoms with Crippen LogP contribution in [-0.4, -0.2) is 20.2 Å². The molecule has 6 nitrogen and oxygen atoms in total. The maximum atomic E-state index is 5.98. The summed E-state index contributed by atoms with van der Waals surface area (Å²) in [4.78, 5) is 0. The van der Waals surface area contributed by atoms with Crippen LogP contribution >= 0.6 is 0 Å². The van der Waals surface area contributed by atoms with Gasteiger partial charge in [0.15, 0.2) is 5.82 Å². The van der Waals surface area contributed by atoms with E-state index in [1.54, 1.807) is 6.07 Å². The first-order chi connectivity index (χ1) is 8.65. The van der Waals surface area contributed by atoms with E-state index in [4.69, 9.17) is 11.5 Å². The quantitative estimate of drug-likeness (QED) is 0.780. The van der Waals surface area contributed by atoms with E-state index in [-0.39, 0.29) is 0 Å². The summed E-state index contributed by atoms with van der Waals surface area (Å²) < 4.78 is 1.88. The lowest BCUT2D eigenvalue weighted by molar-refractivity contribution is 0.199. The molecule has 18 heavy (non-hydrogen) atoms. The lowest BCUT2D eigenvalue weighted by Gasteiger charge is -2.32. The Kier molecular flexibility index (Phi) is 2.43. The van der Waals surface area contributed by atoms with Crippen molar-refractivity contribution < 1.29 is 0 Å². The van der Waals surface area contributed by atoms with Gasteiger partial charge < -0.3 is 11.5 Å². The summed E-state index contributed by atoms with van der Waals surface area (Å²) in [5.41, 5.74) is 13.8. The Labute approximate surface area is 105 Å². The van der Waals surface area contributed by atoms with E-state index in [9.17, 15) is 0 Å². The molecule has 1 aromatic carbocycles. The summed E-state index contributed by atoms with van der Waals surface area (Å²) in [5.74, 6) is 1.47. The van der Waals surface area contributed by atoms with Crippen molar-refractivity contribution >= 4 is 11.4 Å². The third kappa shape index (κ3) is 1.70. The zero-order valence-corrected chi connectivity index (χ0v) is 10.2. The summed E-state index contributed by atoms with van der Waals surface area (Å²) >= 11 is 0. The number of hydrogen-bond acceptors (Lipinski definition) is 5. The highest BCUT2D eigenvalue weighted by atomic mass is 15.6. The standard InChI is InChI=1S/C12H16N6/c1-7-4-9(5-7)18-12(15-16-17-18)10-3-2-8(13)6-11(10)14/h2-3,6-7,9H,4-5,13-14H2,1H3. The van der Waals surface area contributed by atoms with Gasteiger partial charge in [-0.25, -0.2) is 4.68 Å². The largest absolute Gasteiger partial charge is 0.399 e. The second-order valence-electron chi connectivity index (χ2n) is 5.02. The van der Waals surface area contributed by atoms with Crippen LogP contribution in [0.1, 0.15) is 25.8 Å². The molecule has 3 rings (SSSR count). The molecule has 1 aromatic heterocycles. The van der Waals surface area contributed by atoms with Gasteiger partial charge in [-0.15, -0.1) is 5.10 Å². The fourth-order valence-corrected chi connectivity index (χ4v) is 2.46. The summed E-state index contributed by atoms with van der Waals surface area (Å²) in [7, 11) is 0. The van der Waals surface area contributed by atoms with Crippen molar-refractivity contribution in [3.8, 4) is 11.4 Å². The average Bonchev–Trinajstić information content (AvgIpc) is 2.73. The smallest absolute Gasteiger partial charge is 0.184 e. The summed E-state index contributed by atoms with van der Waals surface area (Å²) in [6.45, 7) is 2.23. The number of benzene rings is 1. The molecule has 0 spiro atoms. The van der Waals surface area contributed by atoms with Crippen LogP contribution in [0.2, 0.25) is 0 Å². The number of nitrogens with two attached hydrogens (primary N) is 2. The Hall–Kier alpha value is -2.11. The number of nitrogens with zero attached hydrogens (tertiary/aromatic N) is 4. The first-order valence-corrected chi connectivity index (χ1v) is 6.08. The summed E-state index contributed by atoms with van der Waals surface area (Å²) in [6, 6.07) is 5.81. The maximum absolute atomic E-state index is 5.98. The third-order valence-electron chi connectivity index (χ3n) is 3.50. The highest BCUT2D eigenvalue weighted by Gasteiger charge is 2.30. The van der Waals surface area contributed by atoms with Gasteiger partial charge >= 0.3 is 0 Å². The summed E-state index contributed by atoms with van der Waals surface area (Å²) in [6.07, 6.45) is 2.24. The van der Waals surface area contributed by atoms with Crippen molar-refractivity contribution in [3.63, 3.8) is 0 Å². The molecule has 94 valence electrons. The predicted molar refractivity (Wildman–Crippen MR) is 69.5 cm³/mol. The topological polar surface area (TPSA) is 95.6 Å². The molecule has 0 amide bonds. The highest BCUT2D eigenvalue weighted by Crippen LogP contribution is 2.39. The molecule has 0 radical (unpaired) electrons. The van der Waals surface area contributed by atoms with Gasteiger partial charge in [0.2, 0.25) is 0 Å². The fraction of sp³-hybridized carbons (Fsp3) is 0.417. The zero-order valence-electron chi connectivity index (χ0n) is 10.2. The van der Waals surface area contributed by atoms with Crippen LogP contribution in [0.5, 0.6) is 0 Å². The normalized spacial score (nSPS) is 22.7. The second kappa shape index (κ2) is 3.97. The molecule has 1 saturated carbocycles. The second-order valence-corrected chi connectivity index (χ2v) is 5.02. The van der Waals surface area contributed by atoms with Crippen molar-refractivity contribution in [2.24, 2.45) is 5.92 Å². The molecule has 0 atom stereocenters. The van der Waals surface area contributed by atoms with E-state index in [0.717, 1.165) is 30.1 Å². The first kappa shape index (κ1) is 11.0. The molecular formula is C12H16N6. The van der Waals surface area contributed by atoms with Crippen molar-refractivity contribution in [2.45, 2.75) is 25.8 Å². The van der Waals surface area contributed by atoms with Crippen LogP contribution in [0.4, 0.5) is 11.4 Å². The molecule has 1 heterocycles. The Morgan fingerprint density at radius 1 is 1.28 bits per heavy atom. The minimum absolute atomic E-state index is 0.391. The summed E-state index contributed by atoms with van der Waals surface area (Å²) in [5, 5.41) is 11.9. The fourth-order valence-electron chi connectivity index (χ4n) is 2.46. The Morgan fingerprint density at radius 3 is 2.72 bits per heavy atom. The predicted octanol–water partition coefficient (Wildman–Crippen LogP) is 1.48. The lowest BCUT2D eigenvalue weighted by atomic mass is 9.82. The molecule has 0 aliphatic heterocycles. The Morgan fingerprint density at radius 2 is 2.06 bits per heavy atom. The zero-order chi connectivity index (χ0) is 12.7. The van der Waals surface area contributed by atoms with Crippen LogP contribution in [0.3, 0.4) is 0 Å². The maximum Gasteiger partial charge on any atom is 0.184 e. The van der Waals surface area contributed by atoms with Gasteiger partial charge in [-0.05, 0) is 47.4 Å². The van der Waals surface area contributed by atoms with Gasteiger partial charge in [-0.3, -0.25) is 0 Å². The number of rotatable bonds is 2. The minimum Gasteiger partial charge on any atom is -0.399 e. The highest BCUT2D eigenvalue weighted by molar-refractivity contribution is 5.74. The molecule has 4 N–H and O–H groups in total. The van der Waals surface area contributed by atoms with Crippen LogP contribution < -0.4 is 11.5 Å². The van der Waals surface area contributed by atoms with Crippen LogP contribution in [-0.2, 0) is 0 Å². The SMILES string of the molecule is CC1CC(n2nnnc2-c2ccc(N)cc2N)C1. The number of anilines is 2. The van der Waals surface area contributed by atoms with Crippen LogP contribution in [0.25, 0.3) is 11.4 Å². The number of tetrazole rings is 1. The molecule has 1 aliphatic rings. The molecule has 0 unspecified atom stereocenters. The van der Waals surface area contributed by atoms with E-state index in [0.29, 0.717) is 17.4 Å². The third-order valence-corrected chi connectivity index (χ3v) is 3.50. The van der Waals surface area contributed by atoms with Gasteiger partial charge in [0.25, 0.3) is 0 Å². The number of hydrogen-bond donors (Lipinski definition) is 2. The van der Waals surface area contributed by atoms with Crippen molar-refractivity contribution in [1.29, 1.82) is 0 Å². The van der Waals surface area contributed by atoms with Crippen molar-refractivity contribution in [2.75, 3.05) is 11.5 Å². The van der Waals surface area contributed by atoms with E-state index in [1.165, 1.54) is 0 Å². The van der Waals surface area contributed by atoms with Gasteiger partial charge in [0, 0.05) is 16.9 Å². The molecule has 6 heteroatoms. The molecule has 0 bridgehead atoms. The number of nitrogen functional groups attached to an aromatic ring is 2. The average molecular weight is 244 g/mol. The van der Waals surface area contributed by atoms with E-state index < -0.39 is 0 Å². The van der Waals surface area contributed by atoms with Crippen LogP contribution in [0, 0.1) is 5.92 Å². The van der Waals surface area contributed by atoms with E-state index in [2.05, 4.69) is 22.4 Å². The molecule has 2 aromatic rings. The van der Waals surface area contributed by atoms with Gasteiger partial charge in [-0.2, -0.15) is 0 Å². The molecule has 0 saturated heterocycles. The van der Waals surface area contributed by atoms with Gasteiger partial charge in [0.1, 0.15) is 0 Å². The Bertz CT molecular complexity index is 570. The van der Waals surface area contributed by atoms with Crippen molar-refractivity contribution in [1.82, 2.24) is 20.2 Å². The van der Waals surface area contributed by atoms with Crippen LogP contribution in [0.15, 0.2) is 18.2 Å². The van der Waals surface area contributed by atoms with E-state index >= 15 is 0 Å². The molecular weight excluding hydrogens is 228 g/mol. The number of aromatic nitrogens is 4. The Balaban J connectivity index is 1.99. The minimum atomic E-state index is 0.391.